The van der Waals surface area contributed by atoms with E-state index in [-0.39, 0.29) is 5.78 Å². The van der Waals surface area contributed by atoms with Crippen LogP contribution < -0.4 is 0 Å². The van der Waals surface area contributed by atoms with Gasteiger partial charge in [0.1, 0.15) is 0 Å². The van der Waals surface area contributed by atoms with Gasteiger partial charge < -0.3 is 4.98 Å². The van der Waals surface area contributed by atoms with Gasteiger partial charge in [0.25, 0.3) is 0 Å². The molecule has 3 rings (SSSR count). The largest absolute Gasteiger partial charge is 0.360 e. The first-order valence-corrected chi connectivity index (χ1v) is 6.35. The van der Waals surface area contributed by atoms with Crippen molar-refractivity contribution in [3.8, 4) is 0 Å². The fourth-order valence-electron chi connectivity index (χ4n) is 2.36. The summed E-state index contributed by atoms with van der Waals surface area (Å²) < 4.78 is 0. The summed E-state index contributed by atoms with van der Waals surface area (Å²) in [5.41, 5.74) is 3.67. The molecule has 0 spiro atoms. The van der Waals surface area contributed by atoms with Gasteiger partial charge in [-0.2, -0.15) is 0 Å². The van der Waals surface area contributed by atoms with Gasteiger partial charge in [0.2, 0.25) is 0 Å². The molecule has 0 bridgehead atoms. The lowest BCUT2D eigenvalue weighted by Crippen LogP contribution is -2.00. The Kier molecular flexibility index (Phi) is 2.88. The maximum absolute atomic E-state index is 12.5. The lowest BCUT2D eigenvalue weighted by atomic mass is 10.0. The van der Waals surface area contributed by atoms with Crippen LogP contribution in [0.25, 0.3) is 10.9 Å². The fraction of sp³-hybridized carbons (Fsp3) is 0.125. The molecule has 0 saturated carbocycles. The number of aromatic amines is 1. The van der Waals surface area contributed by atoms with E-state index in [9.17, 15) is 4.79 Å². The maximum Gasteiger partial charge on any atom is 0.195 e. The first-order valence-electron chi connectivity index (χ1n) is 6.35. The molecule has 2 aromatic heterocycles. The van der Waals surface area contributed by atoms with Crippen molar-refractivity contribution in [2.24, 2.45) is 0 Å². The minimum absolute atomic E-state index is 0.0295. The van der Waals surface area contributed by atoms with Gasteiger partial charge in [-0.1, -0.05) is 25.1 Å². The van der Waals surface area contributed by atoms with E-state index in [0.29, 0.717) is 5.56 Å². The van der Waals surface area contributed by atoms with Crippen LogP contribution in [0.3, 0.4) is 0 Å². The first-order chi connectivity index (χ1) is 9.31. The predicted octanol–water partition coefficient (Wildman–Crippen LogP) is 3.36. The van der Waals surface area contributed by atoms with Gasteiger partial charge in [0.15, 0.2) is 5.78 Å². The number of pyridine rings is 1. The van der Waals surface area contributed by atoms with Gasteiger partial charge in [0, 0.05) is 40.6 Å². The Morgan fingerprint density at radius 3 is 2.74 bits per heavy atom. The molecule has 0 aliphatic heterocycles. The highest BCUT2D eigenvalue weighted by Crippen LogP contribution is 2.24. The maximum atomic E-state index is 12.5. The molecule has 3 heteroatoms. The number of ketones is 1. The van der Waals surface area contributed by atoms with Crippen LogP contribution in [0, 0.1) is 0 Å². The number of hydrogen-bond donors (Lipinski definition) is 1. The minimum atomic E-state index is 0.0295. The van der Waals surface area contributed by atoms with E-state index in [2.05, 4.69) is 23.0 Å². The van der Waals surface area contributed by atoms with Gasteiger partial charge in [-0.25, -0.2) is 0 Å². The molecule has 3 aromatic rings. The minimum Gasteiger partial charge on any atom is -0.360 e. The fourth-order valence-corrected chi connectivity index (χ4v) is 2.36. The molecule has 0 atom stereocenters. The molecule has 0 amide bonds. The number of para-hydroxylation sites is 1. The van der Waals surface area contributed by atoms with Crippen LogP contribution in [0.5, 0.6) is 0 Å². The lowest BCUT2D eigenvalue weighted by Gasteiger charge is -2.01. The van der Waals surface area contributed by atoms with Gasteiger partial charge >= 0.3 is 0 Å². The average Bonchev–Trinajstić information content (AvgIpc) is 2.91. The van der Waals surface area contributed by atoms with Crippen molar-refractivity contribution in [1.82, 2.24) is 9.97 Å². The van der Waals surface area contributed by atoms with E-state index in [1.54, 1.807) is 30.7 Å². The molecule has 0 unspecified atom stereocenters. The third kappa shape index (κ3) is 1.93. The lowest BCUT2D eigenvalue weighted by molar-refractivity contribution is 0.104. The van der Waals surface area contributed by atoms with Crippen molar-refractivity contribution in [3.63, 3.8) is 0 Å². The molecule has 1 N–H and O–H groups in total. The van der Waals surface area contributed by atoms with Crippen LogP contribution in [0.2, 0.25) is 0 Å². The van der Waals surface area contributed by atoms with Gasteiger partial charge in [-0.05, 0) is 24.1 Å². The van der Waals surface area contributed by atoms with Crippen molar-refractivity contribution >= 4 is 16.7 Å². The standard InChI is InChI=1S/C16H14N2O/c1-2-11-4-3-5-13-14(10-18-15(11)13)16(19)12-6-8-17-9-7-12/h3-10,18H,2H2,1H3. The van der Waals surface area contributed by atoms with E-state index in [1.165, 1.54) is 5.56 Å². The number of rotatable bonds is 3. The molecule has 19 heavy (non-hydrogen) atoms. The number of nitrogens with zero attached hydrogens (tertiary/aromatic N) is 1. The third-order valence-corrected chi connectivity index (χ3v) is 3.37. The summed E-state index contributed by atoms with van der Waals surface area (Å²) in [6.07, 6.45) is 6.02. The number of fused-ring (bicyclic) bond motifs is 1. The van der Waals surface area contributed by atoms with Crippen LogP contribution >= 0.6 is 0 Å². The van der Waals surface area contributed by atoms with Crippen LogP contribution in [0.15, 0.2) is 48.9 Å². The third-order valence-electron chi connectivity index (χ3n) is 3.37. The second-order valence-electron chi connectivity index (χ2n) is 4.46. The summed E-state index contributed by atoms with van der Waals surface area (Å²) >= 11 is 0. The molecule has 0 radical (unpaired) electrons. The smallest absolute Gasteiger partial charge is 0.195 e. The highest BCUT2D eigenvalue weighted by Gasteiger charge is 2.14. The van der Waals surface area contributed by atoms with Crippen molar-refractivity contribution in [1.29, 1.82) is 0 Å². The van der Waals surface area contributed by atoms with E-state index < -0.39 is 0 Å². The van der Waals surface area contributed by atoms with Crippen molar-refractivity contribution < 1.29 is 4.79 Å². The zero-order valence-corrected chi connectivity index (χ0v) is 10.7. The number of H-pyrrole nitrogens is 1. The molecular weight excluding hydrogens is 236 g/mol. The normalized spacial score (nSPS) is 10.8. The monoisotopic (exact) mass is 250 g/mol. The number of carbonyl (C=O) groups excluding carboxylic acids is 1. The van der Waals surface area contributed by atoms with Gasteiger partial charge in [-0.15, -0.1) is 0 Å². The molecule has 0 aliphatic carbocycles. The Bertz CT molecular complexity index is 729. The Hall–Kier alpha value is -2.42. The molecule has 0 saturated heterocycles. The molecular formula is C16H14N2O. The predicted molar refractivity (Wildman–Crippen MR) is 75.3 cm³/mol. The van der Waals surface area contributed by atoms with Crippen LogP contribution in [-0.2, 0) is 6.42 Å². The summed E-state index contributed by atoms with van der Waals surface area (Å²) in [6, 6.07) is 9.55. The molecule has 1 aromatic carbocycles. The SMILES string of the molecule is CCc1cccc2c(C(=O)c3ccncc3)c[nH]c12. The summed E-state index contributed by atoms with van der Waals surface area (Å²) in [4.78, 5) is 19.6. The zero-order chi connectivity index (χ0) is 13.2. The molecule has 0 aliphatic rings. The van der Waals surface area contributed by atoms with E-state index >= 15 is 0 Å². The molecule has 3 nitrogen and oxygen atoms in total. The summed E-state index contributed by atoms with van der Waals surface area (Å²) in [6.45, 7) is 2.11. The summed E-state index contributed by atoms with van der Waals surface area (Å²) in [5, 5.41) is 0.987. The topological polar surface area (TPSA) is 45.8 Å². The summed E-state index contributed by atoms with van der Waals surface area (Å²) in [5.74, 6) is 0.0295. The second-order valence-corrected chi connectivity index (χ2v) is 4.46. The van der Waals surface area contributed by atoms with Crippen LogP contribution in [0.4, 0.5) is 0 Å². The van der Waals surface area contributed by atoms with Crippen LogP contribution in [-0.4, -0.2) is 15.8 Å². The number of hydrogen-bond acceptors (Lipinski definition) is 2. The number of aromatic nitrogens is 2. The number of carbonyl (C=O) groups is 1. The Labute approximate surface area is 111 Å². The first kappa shape index (κ1) is 11.7. The Morgan fingerprint density at radius 1 is 1.21 bits per heavy atom. The quantitative estimate of drug-likeness (QED) is 0.724. The van der Waals surface area contributed by atoms with Gasteiger partial charge in [-0.3, -0.25) is 9.78 Å². The molecule has 94 valence electrons. The van der Waals surface area contributed by atoms with E-state index in [0.717, 1.165) is 22.9 Å². The van der Waals surface area contributed by atoms with Crippen molar-refractivity contribution in [2.75, 3.05) is 0 Å². The number of aryl methyl sites for hydroxylation is 1. The number of nitrogens with one attached hydrogen (secondary N) is 1. The van der Waals surface area contributed by atoms with Gasteiger partial charge in [0.05, 0.1) is 0 Å². The second kappa shape index (κ2) is 4.69. The Balaban J connectivity index is 2.14. The molecule has 2 heterocycles. The Morgan fingerprint density at radius 2 is 2.00 bits per heavy atom. The highest BCUT2D eigenvalue weighted by atomic mass is 16.1. The number of benzene rings is 1. The van der Waals surface area contributed by atoms with E-state index in [4.69, 9.17) is 0 Å². The highest BCUT2D eigenvalue weighted by molar-refractivity contribution is 6.16. The van der Waals surface area contributed by atoms with Crippen molar-refractivity contribution in [2.45, 2.75) is 13.3 Å². The van der Waals surface area contributed by atoms with Crippen molar-refractivity contribution in [3.05, 3.63) is 65.6 Å². The summed E-state index contributed by atoms with van der Waals surface area (Å²) in [7, 11) is 0. The average molecular weight is 250 g/mol. The molecule has 0 fully saturated rings. The van der Waals surface area contributed by atoms with E-state index in [1.807, 2.05) is 12.1 Å². The zero-order valence-electron chi connectivity index (χ0n) is 10.7. The van der Waals surface area contributed by atoms with Crippen LogP contribution in [0.1, 0.15) is 28.4 Å².